The molecule has 1 unspecified atom stereocenters. The van der Waals surface area contributed by atoms with E-state index in [-0.39, 0.29) is 24.4 Å². The lowest BCUT2D eigenvalue weighted by molar-refractivity contribution is -0.122. The second-order valence-electron chi connectivity index (χ2n) is 6.11. The summed E-state index contributed by atoms with van der Waals surface area (Å²) in [7, 11) is 1.64. The predicted molar refractivity (Wildman–Crippen MR) is 98.3 cm³/mol. The number of aromatic amines is 1. The molecule has 0 saturated carbocycles. The third kappa shape index (κ3) is 3.71. The number of likely N-dealkylation sites (N-methyl/N-ethyl adjacent to an activating group) is 1. The van der Waals surface area contributed by atoms with Crippen LogP contribution in [-0.4, -0.2) is 35.3 Å². The first kappa shape index (κ1) is 16.8. The minimum atomic E-state index is -0.188. The van der Waals surface area contributed by atoms with Crippen molar-refractivity contribution in [2.24, 2.45) is 0 Å². The Labute approximate surface area is 146 Å². The molecule has 0 aliphatic rings. The van der Waals surface area contributed by atoms with Crippen LogP contribution < -0.4 is 5.32 Å². The van der Waals surface area contributed by atoms with Crippen LogP contribution in [0.1, 0.15) is 28.9 Å². The molecule has 0 saturated heterocycles. The standard InChI is InChI=1S/C20H21N3O2/c1-14(15-8-4-3-5-9-15)22-19(24)13-23(2)20(25)17-12-21-18-11-7-6-10-16(17)18/h3-12,14,21H,13H2,1-2H3,(H,22,24). The van der Waals surface area contributed by atoms with Crippen molar-refractivity contribution in [3.63, 3.8) is 0 Å². The lowest BCUT2D eigenvalue weighted by Crippen LogP contribution is -2.39. The molecule has 1 aromatic heterocycles. The highest BCUT2D eigenvalue weighted by Crippen LogP contribution is 2.19. The molecule has 0 fully saturated rings. The number of rotatable bonds is 5. The number of nitrogens with one attached hydrogen (secondary N) is 2. The van der Waals surface area contributed by atoms with E-state index in [9.17, 15) is 9.59 Å². The first-order valence-electron chi connectivity index (χ1n) is 8.22. The van der Waals surface area contributed by atoms with E-state index in [4.69, 9.17) is 0 Å². The Morgan fingerprint density at radius 2 is 1.76 bits per heavy atom. The molecule has 0 radical (unpaired) electrons. The van der Waals surface area contributed by atoms with E-state index in [0.717, 1.165) is 16.5 Å². The molecule has 0 aliphatic carbocycles. The molecule has 5 heteroatoms. The molecule has 1 atom stereocenters. The van der Waals surface area contributed by atoms with Crippen LogP contribution in [-0.2, 0) is 4.79 Å². The molecule has 25 heavy (non-hydrogen) atoms. The van der Waals surface area contributed by atoms with Crippen LogP contribution in [0.3, 0.4) is 0 Å². The van der Waals surface area contributed by atoms with Crippen LogP contribution in [0.15, 0.2) is 60.8 Å². The summed E-state index contributed by atoms with van der Waals surface area (Å²) in [5, 5.41) is 3.78. The van der Waals surface area contributed by atoms with Crippen LogP contribution in [0.2, 0.25) is 0 Å². The maximum absolute atomic E-state index is 12.6. The molecular weight excluding hydrogens is 314 g/mol. The Morgan fingerprint density at radius 1 is 1.08 bits per heavy atom. The van der Waals surface area contributed by atoms with Gasteiger partial charge in [-0.1, -0.05) is 48.5 Å². The number of amides is 2. The third-order valence-electron chi connectivity index (χ3n) is 4.22. The van der Waals surface area contributed by atoms with Gasteiger partial charge in [0.15, 0.2) is 0 Å². The van der Waals surface area contributed by atoms with Crippen LogP contribution >= 0.6 is 0 Å². The van der Waals surface area contributed by atoms with Crippen LogP contribution in [0.4, 0.5) is 0 Å². The Balaban J connectivity index is 1.64. The second-order valence-corrected chi connectivity index (χ2v) is 6.11. The fourth-order valence-electron chi connectivity index (χ4n) is 2.85. The van der Waals surface area contributed by atoms with Crippen molar-refractivity contribution < 1.29 is 9.59 Å². The first-order valence-corrected chi connectivity index (χ1v) is 8.22. The number of para-hydroxylation sites is 1. The topological polar surface area (TPSA) is 65.2 Å². The number of benzene rings is 2. The predicted octanol–water partition coefficient (Wildman–Crippen LogP) is 3.12. The summed E-state index contributed by atoms with van der Waals surface area (Å²) in [5.74, 6) is -0.369. The van der Waals surface area contributed by atoms with Gasteiger partial charge < -0.3 is 15.2 Å². The summed E-state index contributed by atoms with van der Waals surface area (Å²) in [6, 6.07) is 17.2. The Bertz CT molecular complexity index is 886. The fourth-order valence-corrected chi connectivity index (χ4v) is 2.85. The Kier molecular flexibility index (Phi) is 4.84. The number of aromatic nitrogens is 1. The smallest absolute Gasteiger partial charge is 0.256 e. The van der Waals surface area contributed by atoms with Crippen LogP contribution in [0.5, 0.6) is 0 Å². The number of hydrogen-bond acceptors (Lipinski definition) is 2. The van der Waals surface area contributed by atoms with E-state index in [0.29, 0.717) is 5.56 Å². The summed E-state index contributed by atoms with van der Waals surface area (Å²) in [4.78, 5) is 29.4. The summed E-state index contributed by atoms with van der Waals surface area (Å²) >= 11 is 0. The SMILES string of the molecule is CC(NC(=O)CN(C)C(=O)c1c[nH]c2ccccc12)c1ccccc1. The normalized spacial score (nSPS) is 11.9. The van der Waals surface area contributed by atoms with Gasteiger partial charge >= 0.3 is 0 Å². The van der Waals surface area contributed by atoms with Gasteiger partial charge in [-0.2, -0.15) is 0 Å². The molecule has 5 nitrogen and oxygen atoms in total. The second kappa shape index (κ2) is 7.21. The number of fused-ring (bicyclic) bond motifs is 1. The van der Waals surface area contributed by atoms with E-state index in [1.165, 1.54) is 4.90 Å². The maximum atomic E-state index is 12.6. The van der Waals surface area contributed by atoms with E-state index in [1.54, 1.807) is 13.2 Å². The van der Waals surface area contributed by atoms with Crippen LogP contribution in [0, 0.1) is 0 Å². The first-order chi connectivity index (χ1) is 12.1. The molecular formula is C20H21N3O2. The molecule has 1 heterocycles. The lowest BCUT2D eigenvalue weighted by Gasteiger charge is -2.19. The lowest BCUT2D eigenvalue weighted by atomic mass is 10.1. The molecule has 0 aliphatic heterocycles. The van der Waals surface area contributed by atoms with Crippen molar-refractivity contribution in [3.8, 4) is 0 Å². The highest BCUT2D eigenvalue weighted by Gasteiger charge is 2.19. The van der Waals surface area contributed by atoms with Gasteiger partial charge in [-0.25, -0.2) is 0 Å². The van der Waals surface area contributed by atoms with Gasteiger partial charge in [0.1, 0.15) is 0 Å². The van der Waals surface area contributed by atoms with Crippen molar-refractivity contribution in [2.75, 3.05) is 13.6 Å². The minimum Gasteiger partial charge on any atom is -0.360 e. The monoisotopic (exact) mass is 335 g/mol. The Hall–Kier alpha value is -3.08. The van der Waals surface area contributed by atoms with Gasteiger partial charge in [-0.3, -0.25) is 9.59 Å². The van der Waals surface area contributed by atoms with E-state index in [1.807, 2.05) is 61.5 Å². The molecule has 0 spiro atoms. The molecule has 3 rings (SSSR count). The van der Waals surface area contributed by atoms with E-state index < -0.39 is 0 Å². The number of carbonyl (C=O) groups is 2. The summed E-state index contributed by atoms with van der Waals surface area (Å²) in [6.07, 6.45) is 1.69. The van der Waals surface area contributed by atoms with Crippen molar-refractivity contribution in [3.05, 3.63) is 71.9 Å². The molecule has 2 aromatic carbocycles. The molecule has 0 bridgehead atoms. The zero-order valence-electron chi connectivity index (χ0n) is 14.3. The van der Waals surface area contributed by atoms with Crippen molar-refractivity contribution in [1.82, 2.24) is 15.2 Å². The Morgan fingerprint density at radius 3 is 2.52 bits per heavy atom. The summed E-state index contributed by atoms with van der Waals surface area (Å²) in [5.41, 5.74) is 2.50. The largest absolute Gasteiger partial charge is 0.360 e. The molecule has 3 aromatic rings. The van der Waals surface area contributed by atoms with E-state index in [2.05, 4.69) is 10.3 Å². The van der Waals surface area contributed by atoms with Crippen molar-refractivity contribution in [1.29, 1.82) is 0 Å². The van der Waals surface area contributed by atoms with Crippen molar-refractivity contribution >= 4 is 22.7 Å². The number of carbonyl (C=O) groups excluding carboxylic acids is 2. The average molecular weight is 335 g/mol. The quantitative estimate of drug-likeness (QED) is 0.752. The van der Waals surface area contributed by atoms with Gasteiger partial charge in [0.25, 0.3) is 5.91 Å². The third-order valence-corrected chi connectivity index (χ3v) is 4.22. The maximum Gasteiger partial charge on any atom is 0.256 e. The van der Waals surface area contributed by atoms with Gasteiger partial charge in [-0.05, 0) is 18.6 Å². The number of hydrogen-bond donors (Lipinski definition) is 2. The zero-order chi connectivity index (χ0) is 17.8. The van der Waals surface area contributed by atoms with Crippen molar-refractivity contribution in [2.45, 2.75) is 13.0 Å². The van der Waals surface area contributed by atoms with Gasteiger partial charge in [0.05, 0.1) is 18.2 Å². The molecule has 2 amide bonds. The minimum absolute atomic E-state index is 0.00944. The molecule has 2 N–H and O–H groups in total. The van der Waals surface area contributed by atoms with Gasteiger partial charge in [-0.15, -0.1) is 0 Å². The van der Waals surface area contributed by atoms with Gasteiger partial charge in [0, 0.05) is 24.1 Å². The highest BCUT2D eigenvalue weighted by atomic mass is 16.2. The van der Waals surface area contributed by atoms with Crippen LogP contribution in [0.25, 0.3) is 10.9 Å². The zero-order valence-corrected chi connectivity index (χ0v) is 14.3. The van der Waals surface area contributed by atoms with Gasteiger partial charge in [0.2, 0.25) is 5.91 Å². The summed E-state index contributed by atoms with van der Waals surface area (Å²) < 4.78 is 0. The number of nitrogens with zero attached hydrogens (tertiary/aromatic N) is 1. The molecule has 128 valence electrons. The number of H-pyrrole nitrogens is 1. The van der Waals surface area contributed by atoms with E-state index >= 15 is 0 Å². The fraction of sp³-hybridized carbons (Fsp3) is 0.200. The average Bonchev–Trinajstić information content (AvgIpc) is 3.05. The highest BCUT2D eigenvalue weighted by molar-refractivity contribution is 6.07. The summed E-state index contributed by atoms with van der Waals surface area (Å²) in [6.45, 7) is 1.93.